The maximum absolute atomic E-state index is 11.1. The smallest absolute Gasteiger partial charge is 0.238 e. The maximum atomic E-state index is 11.1. The predicted octanol–water partition coefficient (Wildman–Crippen LogP) is 0.755. The first-order chi connectivity index (χ1) is 7.88. The fourth-order valence-electron chi connectivity index (χ4n) is 1.29. The normalized spacial score (nSPS) is 11.6. The molecule has 0 radical (unpaired) electrons. The summed E-state index contributed by atoms with van der Waals surface area (Å²) < 4.78 is 23.6. The number of anilines is 1. The minimum atomic E-state index is -3.69. The van der Waals surface area contributed by atoms with Gasteiger partial charge in [-0.2, -0.15) is 0 Å². The fraction of sp³-hybridized carbons (Fsp3) is 0. The number of hydrogen-bond acceptors (Lipinski definition) is 4. The molecule has 0 spiro atoms. The van der Waals surface area contributed by atoms with E-state index < -0.39 is 10.0 Å². The molecule has 2 aromatic rings. The lowest BCUT2D eigenvalue weighted by molar-refractivity contribution is 0.598. The van der Waals surface area contributed by atoms with Crippen LogP contribution in [0.2, 0.25) is 5.02 Å². The summed E-state index contributed by atoms with van der Waals surface area (Å²) in [6, 6.07) is 5.89. The van der Waals surface area contributed by atoms with E-state index in [1.807, 2.05) is 0 Å². The number of nitrogens with two attached hydrogens (primary N) is 2. The molecular formula is C9H9ClN4O2S. The highest BCUT2D eigenvalue weighted by molar-refractivity contribution is 7.89. The van der Waals surface area contributed by atoms with Crippen molar-refractivity contribution in [3.63, 3.8) is 0 Å². The first-order valence-corrected chi connectivity index (χ1v) is 6.44. The summed E-state index contributed by atoms with van der Waals surface area (Å²) in [5.74, 6) is 0.210. The Hall–Kier alpha value is -1.57. The molecule has 0 saturated heterocycles. The quantitative estimate of drug-likeness (QED) is 0.842. The van der Waals surface area contributed by atoms with Crippen LogP contribution in [0, 0.1) is 0 Å². The summed E-state index contributed by atoms with van der Waals surface area (Å²) in [4.78, 5) is 0.0347. The summed E-state index contributed by atoms with van der Waals surface area (Å²) in [7, 11) is -3.69. The van der Waals surface area contributed by atoms with Crippen LogP contribution in [0.5, 0.6) is 0 Å². The topological polar surface area (TPSA) is 104 Å². The zero-order valence-corrected chi connectivity index (χ0v) is 10.1. The van der Waals surface area contributed by atoms with Gasteiger partial charge in [-0.25, -0.2) is 18.2 Å². The lowest BCUT2D eigenvalue weighted by Crippen LogP contribution is -2.12. The van der Waals surface area contributed by atoms with Crippen LogP contribution in [0.4, 0.5) is 5.82 Å². The van der Waals surface area contributed by atoms with Gasteiger partial charge in [0.15, 0.2) is 5.82 Å². The SMILES string of the molecule is Nc1nn(-c2ccc(S(N)(=O)=O)cc2)cc1Cl. The van der Waals surface area contributed by atoms with Crippen molar-refractivity contribution < 1.29 is 8.42 Å². The molecule has 8 heteroatoms. The van der Waals surface area contributed by atoms with Gasteiger partial charge in [-0.1, -0.05) is 11.6 Å². The molecule has 0 aliphatic rings. The number of primary sulfonamides is 1. The van der Waals surface area contributed by atoms with Gasteiger partial charge < -0.3 is 5.73 Å². The van der Waals surface area contributed by atoms with Crippen LogP contribution >= 0.6 is 11.6 Å². The van der Waals surface area contributed by atoms with E-state index >= 15 is 0 Å². The Morgan fingerprint density at radius 3 is 2.24 bits per heavy atom. The lowest BCUT2D eigenvalue weighted by atomic mass is 10.3. The van der Waals surface area contributed by atoms with E-state index in [9.17, 15) is 8.42 Å². The average Bonchev–Trinajstić information content (AvgIpc) is 2.58. The molecule has 90 valence electrons. The average molecular weight is 273 g/mol. The molecule has 0 atom stereocenters. The van der Waals surface area contributed by atoms with Crippen molar-refractivity contribution >= 4 is 27.4 Å². The summed E-state index contributed by atoms with van der Waals surface area (Å²) in [5.41, 5.74) is 6.13. The Morgan fingerprint density at radius 1 is 1.24 bits per heavy atom. The zero-order chi connectivity index (χ0) is 12.6. The third-order valence-corrected chi connectivity index (χ3v) is 3.35. The Kier molecular flexibility index (Phi) is 2.82. The Morgan fingerprint density at radius 2 is 1.82 bits per heavy atom. The summed E-state index contributed by atoms with van der Waals surface area (Å²) in [6.45, 7) is 0. The van der Waals surface area contributed by atoms with E-state index in [4.69, 9.17) is 22.5 Å². The van der Waals surface area contributed by atoms with E-state index in [2.05, 4.69) is 5.10 Å². The molecule has 6 nitrogen and oxygen atoms in total. The fourth-order valence-corrected chi connectivity index (χ4v) is 1.93. The van der Waals surface area contributed by atoms with Gasteiger partial charge in [0.05, 0.1) is 16.8 Å². The first kappa shape index (κ1) is 11.9. The third-order valence-electron chi connectivity index (χ3n) is 2.13. The molecule has 0 aliphatic heterocycles. The highest BCUT2D eigenvalue weighted by atomic mass is 35.5. The van der Waals surface area contributed by atoms with Crippen molar-refractivity contribution in [2.24, 2.45) is 5.14 Å². The second-order valence-electron chi connectivity index (χ2n) is 3.35. The summed E-state index contributed by atoms with van der Waals surface area (Å²) in [5, 5.41) is 9.27. The first-order valence-electron chi connectivity index (χ1n) is 4.52. The largest absolute Gasteiger partial charge is 0.381 e. The molecule has 1 aromatic heterocycles. The van der Waals surface area contributed by atoms with Gasteiger partial charge in [0, 0.05) is 0 Å². The van der Waals surface area contributed by atoms with Crippen LogP contribution in [0.15, 0.2) is 35.4 Å². The van der Waals surface area contributed by atoms with Crippen LogP contribution in [0.25, 0.3) is 5.69 Å². The number of nitrogens with zero attached hydrogens (tertiary/aromatic N) is 2. The van der Waals surface area contributed by atoms with Gasteiger partial charge in [0.25, 0.3) is 0 Å². The minimum Gasteiger partial charge on any atom is -0.381 e. The molecule has 2 rings (SSSR count). The van der Waals surface area contributed by atoms with E-state index in [0.717, 1.165) is 0 Å². The van der Waals surface area contributed by atoms with Gasteiger partial charge in [-0.3, -0.25) is 0 Å². The van der Waals surface area contributed by atoms with Crippen molar-refractivity contribution in [3.8, 4) is 5.69 Å². The molecule has 0 bridgehead atoms. The van der Waals surface area contributed by atoms with E-state index in [0.29, 0.717) is 10.7 Å². The minimum absolute atomic E-state index is 0.0347. The highest BCUT2D eigenvalue weighted by Gasteiger charge is 2.08. The standard InChI is InChI=1S/C9H9ClN4O2S/c10-8-5-14(13-9(8)11)6-1-3-7(4-2-6)17(12,15)16/h1-5H,(H2,11,13)(H2,12,15,16). The van der Waals surface area contributed by atoms with E-state index in [1.165, 1.54) is 23.0 Å². The molecule has 0 aliphatic carbocycles. The molecular weight excluding hydrogens is 264 g/mol. The monoisotopic (exact) mass is 272 g/mol. The lowest BCUT2D eigenvalue weighted by Gasteiger charge is -2.02. The van der Waals surface area contributed by atoms with Crippen LogP contribution in [-0.2, 0) is 10.0 Å². The van der Waals surface area contributed by atoms with Crippen molar-refractivity contribution in [3.05, 3.63) is 35.5 Å². The number of aromatic nitrogens is 2. The molecule has 0 unspecified atom stereocenters. The number of halogens is 1. The van der Waals surface area contributed by atoms with Crippen LogP contribution in [0.3, 0.4) is 0 Å². The summed E-state index contributed by atoms with van der Waals surface area (Å²) >= 11 is 5.76. The second-order valence-corrected chi connectivity index (χ2v) is 5.31. The van der Waals surface area contributed by atoms with Gasteiger partial charge in [0.2, 0.25) is 10.0 Å². The number of rotatable bonds is 2. The third kappa shape index (κ3) is 2.41. The predicted molar refractivity (Wildman–Crippen MR) is 64.4 cm³/mol. The Labute approximate surface area is 103 Å². The summed E-state index contributed by atoms with van der Waals surface area (Å²) in [6.07, 6.45) is 1.53. The highest BCUT2D eigenvalue weighted by Crippen LogP contribution is 2.19. The van der Waals surface area contributed by atoms with Gasteiger partial charge in [-0.15, -0.1) is 5.10 Å². The van der Waals surface area contributed by atoms with Gasteiger partial charge in [0.1, 0.15) is 5.02 Å². The van der Waals surface area contributed by atoms with Crippen molar-refractivity contribution in [1.29, 1.82) is 0 Å². The molecule has 0 amide bonds. The molecule has 1 heterocycles. The number of hydrogen-bond donors (Lipinski definition) is 2. The molecule has 1 aromatic carbocycles. The zero-order valence-electron chi connectivity index (χ0n) is 8.54. The molecule has 4 N–H and O–H groups in total. The molecule has 0 saturated carbocycles. The molecule has 17 heavy (non-hydrogen) atoms. The second kappa shape index (κ2) is 4.02. The van der Waals surface area contributed by atoms with Crippen LogP contribution in [0.1, 0.15) is 0 Å². The van der Waals surface area contributed by atoms with Crippen molar-refractivity contribution in [2.75, 3.05) is 5.73 Å². The Bertz CT molecular complexity index is 629. The van der Waals surface area contributed by atoms with Crippen LogP contribution in [-0.4, -0.2) is 18.2 Å². The van der Waals surface area contributed by atoms with Gasteiger partial charge in [-0.05, 0) is 24.3 Å². The van der Waals surface area contributed by atoms with E-state index in [1.54, 1.807) is 12.1 Å². The van der Waals surface area contributed by atoms with Crippen LogP contribution < -0.4 is 10.9 Å². The number of benzene rings is 1. The van der Waals surface area contributed by atoms with Crippen molar-refractivity contribution in [1.82, 2.24) is 9.78 Å². The number of sulfonamides is 1. The van der Waals surface area contributed by atoms with Crippen molar-refractivity contribution in [2.45, 2.75) is 4.90 Å². The Balaban J connectivity index is 2.42. The van der Waals surface area contributed by atoms with Gasteiger partial charge >= 0.3 is 0 Å². The maximum Gasteiger partial charge on any atom is 0.238 e. The molecule has 0 fully saturated rings. The number of nitrogen functional groups attached to an aromatic ring is 1. The van der Waals surface area contributed by atoms with E-state index in [-0.39, 0.29) is 10.7 Å².